The fourth-order valence-corrected chi connectivity index (χ4v) is 4.29. The predicted molar refractivity (Wildman–Crippen MR) is 110 cm³/mol. The van der Waals surface area contributed by atoms with Gasteiger partial charge in [-0.05, 0) is 23.1 Å². The molecular weight excluding hydrogens is 344 g/mol. The van der Waals surface area contributed by atoms with Crippen molar-refractivity contribution < 1.29 is 5.11 Å². The van der Waals surface area contributed by atoms with Crippen LogP contribution < -0.4 is 0 Å². The molecule has 1 aliphatic rings. The molecule has 4 aromatic rings. The standard InChI is InChI=1S/C25H22N2O/c28-23-18-22(23)24-26-16-17-27(24)25(19-10-4-1-5-11-19,20-12-6-2-7-13-20)21-14-8-3-9-15-21/h1-17,22-23,28H,18H2. The molecule has 3 heteroatoms. The first kappa shape index (κ1) is 17.0. The Bertz CT molecular complexity index is 961. The summed E-state index contributed by atoms with van der Waals surface area (Å²) in [6.45, 7) is 0. The number of aromatic nitrogens is 2. The molecule has 0 spiro atoms. The maximum absolute atomic E-state index is 10.1. The van der Waals surface area contributed by atoms with Crippen molar-refractivity contribution in [3.05, 3.63) is 126 Å². The van der Waals surface area contributed by atoms with E-state index in [1.54, 1.807) is 0 Å². The van der Waals surface area contributed by atoms with Crippen LogP contribution in [0.15, 0.2) is 103 Å². The lowest BCUT2D eigenvalue weighted by Gasteiger charge is -2.38. The molecule has 138 valence electrons. The van der Waals surface area contributed by atoms with Crippen LogP contribution in [0.2, 0.25) is 0 Å². The molecule has 1 aliphatic carbocycles. The first-order valence-electron chi connectivity index (χ1n) is 9.70. The number of rotatable bonds is 5. The third-order valence-corrected chi connectivity index (χ3v) is 5.69. The van der Waals surface area contributed by atoms with Gasteiger partial charge in [0.2, 0.25) is 0 Å². The summed E-state index contributed by atoms with van der Waals surface area (Å²) in [5, 5.41) is 10.1. The molecule has 1 N–H and O–H groups in total. The summed E-state index contributed by atoms with van der Waals surface area (Å²) in [6.07, 6.45) is 4.36. The van der Waals surface area contributed by atoms with Crippen LogP contribution in [0.5, 0.6) is 0 Å². The summed E-state index contributed by atoms with van der Waals surface area (Å²) < 4.78 is 2.26. The second kappa shape index (κ2) is 6.77. The van der Waals surface area contributed by atoms with Crippen molar-refractivity contribution in [1.82, 2.24) is 9.55 Å². The molecular formula is C25H22N2O. The number of benzene rings is 3. The summed E-state index contributed by atoms with van der Waals surface area (Å²) in [5.74, 6) is 1.02. The van der Waals surface area contributed by atoms with Crippen molar-refractivity contribution in [2.75, 3.05) is 0 Å². The lowest BCUT2D eigenvalue weighted by Crippen LogP contribution is -2.38. The monoisotopic (exact) mass is 366 g/mol. The first-order chi connectivity index (χ1) is 13.8. The van der Waals surface area contributed by atoms with Crippen LogP contribution in [0.1, 0.15) is 34.9 Å². The van der Waals surface area contributed by atoms with Gasteiger partial charge in [0.25, 0.3) is 0 Å². The van der Waals surface area contributed by atoms with Crippen molar-refractivity contribution in [2.24, 2.45) is 0 Å². The van der Waals surface area contributed by atoms with Crippen LogP contribution in [0.4, 0.5) is 0 Å². The molecule has 2 unspecified atom stereocenters. The van der Waals surface area contributed by atoms with E-state index < -0.39 is 5.54 Å². The van der Waals surface area contributed by atoms with Gasteiger partial charge in [0.15, 0.2) is 0 Å². The quantitative estimate of drug-likeness (QED) is 0.525. The van der Waals surface area contributed by atoms with Crippen molar-refractivity contribution in [1.29, 1.82) is 0 Å². The molecule has 3 aromatic carbocycles. The van der Waals surface area contributed by atoms with Crippen LogP contribution in [-0.4, -0.2) is 20.8 Å². The van der Waals surface area contributed by atoms with Gasteiger partial charge in [-0.3, -0.25) is 0 Å². The minimum Gasteiger partial charge on any atom is -0.392 e. The molecule has 2 atom stereocenters. The Labute approximate surface area is 164 Å². The van der Waals surface area contributed by atoms with E-state index >= 15 is 0 Å². The summed E-state index contributed by atoms with van der Waals surface area (Å²) in [6, 6.07) is 31.7. The fourth-order valence-electron chi connectivity index (χ4n) is 4.29. The number of aliphatic hydroxyl groups excluding tert-OH is 1. The van der Waals surface area contributed by atoms with Crippen molar-refractivity contribution in [2.45, 2.75) is 24.0 Å². The highest BCUT2D eigenvalue weighted by molar-refractivity contribution is 5.51. The zero-order valence-corrected chi connectivity index (χ0v) is 15.5. The SMILES string of the molecule is OC1CC1c1nccn1C(c1ccccc1)(c1ccccc1)c1ccccc1. The number of hydrogen-bond donors (Lipinski definition) is 1. The Morgan fingerprint density at radius 1 is 0.750 bits per heavy atom. The fraction of sp³-hybridized carbons (Fsp3) is 0.160. The largest absolute Gasteiger partial charge is 0.392 e. The Hall–Kier alpha value is -3.17. The molecule has 28 heavy (non-hydrogen) atoms. The van der Waals surface area contributed by atoms with Crippen LogP contribution in [0.3, 0.4) is 0 Å². The van der Waals surface area contributed by atoms with Gasteiger partial charge in [-0.25, -0.2) is 4.98 Å². The smallest absolute Gasteiger partial charge is 0.121 e. The first-order valence-corrected chi connectivity index (χ1v) is 9.70. The maximum Gasteiger partial charge on any atom is 0.121 e. The lowest BCUT2D eigenvalue weighted by atomic mass is 9.76. The minimum absolute atomic E-state index is 0.0884. The van der Waals surface area contributed by atoms with E-state index in [0.717, 1.165) is 12.2 Å². The van der Waals surface area contributed by atoms with E-state index in [1.165, 1.54) is 16.7 Å². The maximum atomic E-state index is 10.1. The molecule has 3 nitrogen and oxygen atoms in total. The molecule has 0 amide bonds. The summed E-state index contributed by atoms with van der Waals surface area (Å²) in [4.78, 5) is 4.67. The van der Waals surface area contributed by atoms with Gasteiger partial charge in [0.05, 0.1) is 6.10 Å². The number of imidazole rings is 1. The van der Waals surface area contributed by atoms with Gasteiger partial charge < -0.3 is 9.67 Å². The predicted octanol–water partition coefficient (Wildman–Crippen LogP) is 4.57. The molecule has 5 rings (SSSR count). The molecule has 1 heterocycles. The van der Waals surface area contributed by atoms with E-state index in [9.17, 15) is 5.11 Å². The Kier molecular flexibility index (Phi) is 4.10. The molecule has 1 fully saturated rings. The summed E-state index contributed by atoms with van der Waals surface area (Å²) in [7, 11) is 0. The van der Waals surface area contributed by atoms with Crippen LogP contribution in [0, 0.1) is 0 Å². The minimum atomic E-state index is -0.558. The van der Waals surface area contributed by atoms with Gasteiger partial charge in [-0.2, -0.15) is 0 Å². The molecule has 0 aliphatic heterocycles. The normalized spacial score (nSPS) is 18.8. The average molecular weight is 366 g/mol. The van der Waals surface area contributed by atoms with E-state index in [0.29, 0.717) is 0 Å². The van der Waals surface area contributed by atoms with Gasteiger partial charge in [-0.15, -0.1) is 0 Å². The van der Waals surface area contributed by atoms with Crippen LogP contribution in [-0.2, 0) is 5.54 Å². The highest BCUT2D eigenvalue weighted by atomic mass is 16.3. The highest BCUT2D eigenvalue weighted by Gasteiger charge is 2.45. The molecule has 1 aromatic heterocycles. The van der Waals surface area contributed by atoms with Crippen molar-refractivity contribution in [3.63, 3.8) is 0 Å². The van der Waals surface area contributed by atoms with Gasteiger partial charge in [0.1, 0.15) is 11.4 Å². The zero-order valence-electron chi connectivity index (χ0n) is 15.5. The summed E-state index contributed by atoms with van der Waals surface area (Å²) >= 11 is 0. The van der Waals surface area contributed by atoms with Gasteiger partial charge in [-0.1, -0.05) is 91.0 Å². The average Bonchev–Trinajstić information content (AvgIpc) is 3.29. The zero-order chi connectivity index (χ0) is 19.0. The Balaban J connectivity index is 1.88. The van der Waals surface area contributed by atoms with Crippen LogP contribution in [0.25, 0.3) is 0 Å². The Morgan fingerprint density at radius 2 is 1.18 bits per heavy atom. The van der Waals surface area contributed by atoms with E-state index in [4.69, 9.17) is 0 Å². The van der Waals surface area contributed by atoms with Crippen molar-refractivity contribution >= 4 is 0 Å². The second-order valence-corrected chi connectivity index (χ2v) is 7.37. The van der Waals surface area contributed by atoms with E-state index in [-0.39, 0.29) is 12.0 Å². The molecule has 0 bridgehead atoms. The van der Waals surface area contributed by atoms with Gasteiger partial charge in [0, 0.05) is 18.3 Å². The second-order valence-electron chi connectivity index (χ2n) is 7.37. The molecule has 1 saturated carbocycles. The number of aliphatic hydroxyl groups is 1. The van der Waals surface area contributed by atoms with Crippen molar-refractivity contribution in [3.8, 4) is 0 Å². The third-order valence-electron chi connectivity index (χ3n) is 5.69. The molecule has 0 saturated heterocycles. The Morgan fingerprint density at radius 3 is 1.57 bits per heavy atom. The van der Waals surface area contributed by atoms with Gasteiger partial charge >= 0.3 is 0 Å². The van der Waals surface area contributed by atoms with Crippen LogP contribution >= 0.6 is 0 Å². The molecule has 0 radical (unpaired) electrons. The van der Waals surface area contributed by atoms with E-state index in [1.807, 2.05) is 30.6 Å². The van der Waals surface area contributed by atoms with E-state index in [2.05, 4.69) is 82.3 Å². The third kappa shape index (κ3) is 2.59. The lowest BCUT2D eigenvalue weighted by molar-refractivity contribution is 0.268. The topological polar surface area (TPSA) is 38.1 Å². The number of hydrogen-bond acceptors (Lipinski definition) is 2. The summed E-state index contributed by atoms with van der Waals surface area (Å²) in [5.41, 5.74) is 2.95. The number of nitrogens with zero attached hydrogens (tertiary/aromatic N) is 2. The highest BCUT2D eigenvalue weighted by Crippen LogP contribution is 2.46.